The number of carboxylic acid groups (broad SMARTS) is 2. The van der Waals surface area contributed by atoms with Crippen LogP contribution in [-0.4, -0.2) is 71.8 Å². The first-order valence-electron chi connectivity index (χ1n) is 15.0. The van der Waals surface area contributed by atoms with Gasteiger partial charge in [0.25, 0.3) is 0 Å². The van der Waals surface area contributed by atoms with Crippen LogP contribution in [0.25, 0.3) is 0 Å². The van der Waals surface area contributed by atoms with Gasteiger partial charge in [0, 0.05) is 26.2 Å². The third-order valence-corrected chi connectivity index (χ3v) is 6.70. The van der Waals surface area contributed by atoms with Crippen molar-refractivity contribution in [1.29, 1.82) is 0 Å². The van der Waals surface area contributed by atoms with Crippen LogP contribution in [0.5, 0.6) is 11.5 Å². The molecule has 0 unspecified atom stereocenters. The van der Waals surface area contributed by atoms with Gasteiger partial charge in [0.05, 0.1) is 25.0 Å². The summed E-state index contributed by atoms with van der Waals surface area (Å²) in [6.45, 7) is 3.09. The lowest BCUT2D eigenvalue weighted by atomic mass is 10.1. The molecular formula is C36H42N2O8. The molecule has 0 spiro atoms. The molecule has 4 aromatic rings. The van der Waals surface area contributed by atoms with E-state index in [9.17, 15) is 19.8 Å². The summed E-state index contributed by atoms with van der Waals surface area (Å²) >= 11 is 0. The Balaban J connectivity index is 0.000000250. The second-order valence-electron chi connectivity index (χ2n) is 10.4. The van der Waals surface area contributed by atoms with Crippen LogP contribution in [0.3, 0.4) is 0 Å². The number of carbonyl (C=O) groups is 2. The SMILES string of the molecule is O=C(O)Cc1ccc(OCCNC[C@H](O)c2ccccc2)cc1.O=C(O)Cc1ccc(OCCNC[C@H](O)c2ccccc2)cc1. The van der Waals surface area contributed by atoms with Gasteiger partial charge in [-0.3, -0.25) is 9.59 Å². The molecule has 0 saturated carbocycles. The average molecular weight is 631 g/mol. The Bertz CT molecular complexity index is 1310. The second-order valence-corrected chi connectivity index (χ2v) is 10.4. The number of carboxylic acids is 2. The van der Waals surface area contributed by atoms with Gasteiger partial charge in [-0.1, -0.05) is 84.9 Å². The van der Waals surface area contributed by atoms with Crippen LogP contribution in [0.15, 0.2) is 109 Å². The van der Waals surface area contributed by atoms with E-state index in [0.717, 1.165) is 22.3 Å². The first-order chi connectivity index (χ1) is 22.3. The molecular weight excluding hydrogens is 588 g/mol. The van der Waals surface area contributed by atoms with Crippen molar-refractivity contribution < 1.29 is 39.5 Å². The Morgan fingerprint density at radius 1 is 0.543 bits per heavy atom. The molecule has 10 nitrogen and oxygen atoms in total. The summed E-state index contributed by atoms with van der Waals surface area (Å²) in [7, 11) is 0. The molecule has 0 aliphatic rings. The molecule has 6 N–H and O–H groups in total. The minimum Gasteiger partial charge on any atom is -0.492 e. The van der Waals surface area contributed by atoms with Crippen molar-refractivity contribution in [2.75, 3.05) is 39.4 Å². The molecule has 0 aromatic heterocycles. The number of ether oxygens (including phenoxy) is 2. The molecule has 244 valence electrons. The average Bonchev–Trinajstić information content (AvgIpc) is 3.06. The molecule has 0 aliphatic carbocycles. The number of aliphatic hydroxyl groups is 2. The number of rotatable bonds is 18. The standard InChI is InChI=1S/2C18H21NO4/c2*20-17(15-4-2-1-3-5-15)13-19-10-11-23-16-8-6-14(7-9-16)12-18(21)22/h2*1-9,17,19-20H,10-13H2,(H,21,22)/t2*17-/m00/s1. The lowest BCUT2D eigenvalue weighted by Gasteiger charge is -2.12. The normalized spacial score (nSPS) is 11.9. The smallest absolute Gasteiger partial charge is 0.307 e. The van der Waals surface area contributed by atoms with Crippen molar-refractivity contribution in [3.8, 4) is 11.5 Å². The summed E-state index contributed by atoms with van der Waals surface area (Å²) in [5.74, 6) is -0.297. The van der Waals surface area contributed by atoms with Crippen LogP contribution >= 0.6 is 0 Å². The van der Waals surface area contributed by atoms with Crippen molar-refractivity contribution in [1.82, 2.24) is 10.6 Å². The number of aliphatic hydroxyl groups excluding tert-OH is 2. The van der Waals surface area contributed by atoms with E-state index < -0.39 is 24.1 Å². The maximum absolute atomic E-state index is 10.6. The third kappa shape index (κ3) is 14.4. The largest absolute Gasteiger partial charge is 0.492 e. The lowest BCUT2D eigenvalue weighted by molar-refractivity contribution is -0.137. The highest BCUT2D eigenvalue weighted by Crippen LogP contribution is 2.14. The van der Waals surface area contributed by atoms with Crippen LogP contribution in [0, 0.1) is 0 Å². The van der Waals surface area contributed by atoms with E-state index in [1.807, 2.05) is 60.7 Å². The van der Waals surface area contributed by atoms with Crippen LogP contribution < -0.4 is 20.1 Å². The van der Waals surface area contributed by atoms with E-state index in [2.05, 4.69) is 10.6 Å². The van der Waals surface area contributed by atoms with Gasteiger partial charge in [-0.2, -0.15) is 0 Å². The number of benzene rings is 4. The van der Waals surface area contributed by atoms with E-state index >= 15 is 0 Å². The second kappa shape index (κ2) is 20.3. The fourth-order valence-electron chi connectivity index (χ4n) is 4.30. The number of aliphatic carboxylic acids is 2. The Kier molecular flexibility index (Phi) is 15.8. The minimum absolute atomic E-state index is 0.0131. The molecule has 0 amide bonds. The molecule has 0 radical (unpaired) electrons. The van der Waals surface area contributed by atoms with Crippen molar-refractivity contribution >= 4 is 11.9 Å². The highest BCUT2D eigenvalue weighted by Gasteiger charge is 2.07. The number of hydrogen-bond donors (Lipinski definition) is 6. The Hall–Kier alpha value is -4.74. The Morgan fingerprint density at radius 2 is 0.891 bits per heavy atom. The van der Waals surface area contributed by atoms with Crippen LogP contribution in [-0.2, 0) is 22.4 Å². The molecule has 0 saturated heterocycles. The summed E-state index contributed by atoms with van der Waals surface area (Å²) in [4.78, 5) is 21.2. The van der Waals surface area contributed by atoms with Gasteiger partial charge in [0.2, 0.25) is 0 Å². The Labute approximate surface area is 269 Å². The summed E-state index contributed by atoms with van der Waals surface area (Å²) in [5.41, 5.74) is 3.26. The molecule has 4 rings (SSSR count). The highest BCUT2D eigenvalue weighted by molar-refractivity contribution is 5.70. The van der Waals surface area contributed by atoms with Crippen LogP contribution in [0.2, 0.25) is 0 Å². The summed E-state index contributed by atoms with van der Waals surface area (Å²) in [6, 6.07) is 33.0. The quantitative estimate of drug-likeness (QED) is 0.0887. The van der Waals surface area contributed by atoms with E-state index in [1.165, 1.54) is 0 Å². The zero-order valence-electron chi connectivity index (χ0n) is 25.6. The molecule has 0 aliphatic heterocycles. The first-order valence-corrected chi connectivity index (χ1v) is 15.0. The molecule has 4 aromatic carbocycles. The first kappa shape index (κ1) is 35.7. The molecule has 0 bridgehead atoms. The summed E-state index contributed by atoms with van der Waals surface area (Å²) in [5, 5.41) is 43.7. The van der Waals surface area contributed by atoms with Gasteiger partial charge in [-0.15, -0.1) is 0 Å². The van der Waals surface area contributed by atoms with Crippen LogP contribution in [0.4, 0.5) is 0 Å². The monoisotopic (exact) mass is 630 g/mol. The van der Waals surface area contributed by atoms with Crippen molar-refractivity contribution in [2.45, 2.75) is 25.0 Å². The molecule has 0 fully saturated rings. The van der Waals surface area contributed by atoms with Crippen LogP contribution in [0.1, 0.15) is 34.5 Å². The molecule has 46 heavy (non-hydrogen) atoms. The lowest BCUT2D eigenvalue weighted by Crippen LogP contribution is -2.26. The number of hydrogen-bond acceptors (Lipinski definition) is 8. The maximum Gasteiger partial charge on any atom is 0.307 e. The predicted octanol–water partition coefficient (Wildman–Crippen LogP) is 4.03. The number of nitrogens with one attached hydrogen (secondary N) is 2. The van der Waals surface area contributed by atoms with E-state index in [1.54, 1.807) is 48.5 Å². The van der Waals surface area contributed by atoms with Crippen molar-refractivity contribution in [3.63, 3.8) is 0 Å². The van der Waals surface area contributed by atoms with E-state index in [4.69, 9.17) is 19.7 Å². The predicted molar refractivity (Wildman–Crippen MR) is 175 cm³/mol. The zero-order valence-corrected chi connectivity index (χ0v) is 25.6. The molecule has 2 atom stereocenters. The zero-order chi connectivity index (χ0) is 33.0. The van der Waals surface area contributed by atoms with E-state index in [0.29, 0.717) is 50.9 Å². The highest BCUT2D eigenvalue weighted by atomic mass is 16.5. The van der Waals surface area contributed by atoms with Gasteiger partial charge >= 0.3 is 11.9 Å². The fraction of sp³-hybridized carbons (Fsp3) is 0.278. The fourth-order valence-corrected chi connectivity index (χ4v) is 4.30. The summed E-state index contributed by atoms with van der Waals surface area (Å²) < 4.78 is 11.1. The summed E-state index contributed by atoms with van der Waals surface area (Å²) in [6.07, 6.45) is -1.05. The maximum atomic E-state index is 10.6. The molecule has 0 heterocycles. The van der Waals surface area contributed by atoms with Gasteiger partial charge in [0.15, 0.2) is 0 Å². The third-order valence-electron chi connectivity index (χ3n) is 6.70. The minimum atomic E-state index is -0.847. The van der Waals surface area contributed by atoms with E-state index in [-0.39, 0.29) is 12.8 Å². The van der Waals surface area contributed by atoms with Gasteiger partial charge in [0.1, 0.15) is 24.7 Å². The Morgan fingerprint density at radius 3 is 1.22 bits per heavy atom. The van der Waals surface area contributed by atoms with Crippen molar-refractivity contribution in [3.05, 3.63) is 131 Å². The topological polar surface area (TPSA) is 158 Å². The molecule has 10 heteroatoms. The van der Waals surface area contributed by atoms with Gasteiger partial charge in [-0.05, 0) is 46.5 Å². The van der Waals surface area contributed by atoms with Gasteiger partial charge < -0.3 is 40.5 Å². The van der Waals surface area contributed by atoms with Gasteiger partial charge in [-0.25, -0.2) is 0 Å². The van der Waals surface area contributed by atoms with Crippen molar-refractivity contribution in [2.24, 2.45) is 0 Å².